The Morgan fingerprint density at radius 2 is 1.84 bits per heavy atom. The second-order valence-corrected chi connectivity index (χ2v) is 10.1. The molecule has 3 atom stereocenters. The van der Waals surface area contributed by atoms with E-state index in [-0.39, 0.29) is 27.6 Å². The normalized spacial score (nSPS) is 25.3. The van der Waals surface area contributed by atoms with Crippen molar-refractivity contribution in [3.63, 3.8) is 0 Å². The van der Waals surface area contributed by atoms with Gasteiger partial charge in [0.2, 0.25) is 10.0 Å². The second kappa shape index (κ2) is 7.99. The number of fused-ring (bicyclic) bond motifs is 2. The Hall–Kier alpha value is -2.18. The maximum absolute atomic E-state index is 13.4. The van der Waals surface area contributed by atoms with E-state index in [9.17, 15) is 36.6 Å². The summed E-state index contributed by atoms with van der Waals surface area (Å²) in [6, 6.07) is 3.23. The number of carbonyl (C=O) groups is 1. The predicted molar refractivity (Wildman–Crippen MR) is 108 cm³/mol. The first-order valence-corrected chi connectivity index (χ1v) is 11.4. The average Bonchev–Trinajstić information content (AvgIpc) is 3.28. The van der Waals surface area contributed by atoms with Crippen molar-refractivity contribution in [1.29, 1.82) is 0 Å². The molecular formula is C20H18ClF3N2O5S. The van der Waals surface area contributed by atoms with E-state index in [1.54, 1.807) is 0 Å². The van der Waals surface area contributed by atoms with Gasteiger partial charge >= 0.3 is 0 Å². The van der Waals surface area contributed by atoms with Crippen LogP contribution in [0.4, 0.5) is 18.9 Å². The Bertz CT molecular complexity index is 1190. The molecule has 172 valence electrons. The van der Waals surface area contributed by atoms with Crippen LogP contribution in [0.2, 0.25) is 5.02 Å². The number of hydrogen-bond donors (Lipinski definition) is 3. The molecule has 1 amide bonds. The van der Waals surface area contributed by atoms with Gasteiger partial charge in [0.25, 0.3) is 5.91 Å². The van der Waals surface area contributed by atoms with Gasteiger partial charge < -0.3 is 15.5 Å². The lowest BCUT2D eigenvalue weighted by Crippen LogP contribution is -2.47. The molecule has 4 rings (SSSR count). The molecule has 2 fully saturated rings. The van der Waals surface area contributed by atoms with Crippen LogP contribution < -0.4 is 5.32 Å². The van der Waals surface area contributed by atoms with Crippen molar-refractivity contribution >= 4 is 33.2 Å². The summed E-state index contributed by atoms with van der Waals surface area (Å²) in [6.07, 6.45) is 0.943. The van der Waals surface area contributed by atoms with Crippen molar-refractivity contribution in [2.24, 2.45) is 0 Å². The Labute approximate surface area is 186 Å². The van der Waals surface area contributed by atoms with Crippen LogP contribution in [0.1, 0.15) is 29.6 Å². The quantitative estimate of drug-likeness (QED) is 0.559. The Morgan fingerprint density at radius 1 is 1.19 bits per heavy atom. The lowest BCUT2D eigenvalue weighted by atomic mass is 9.85. The SMILES string of the molecule is O=C(Nc1cc(F)c(F)c(F)c1)c1ccc(Cl)c(S(=O)(=O)N2C3CCC2C(O)(CO)C3)c1. The molecule has 3 N–H and O–H groups in total. The fraction of sp³-hybridized carbons (Fsp3) is 0.350. The van der Waals surface area contributed by atoms with Crippen molar-refractivity contribution in [1.82, 2.24) is 4.31 Å². The fourth-order valence-corrected chi connectivity index (χ4v) is 6.86. The zero-order chi connectivity index (χ0) is 23.4. The summed E-state index contributed by atoms with van der Waals surface area (Å²) >= 11 is 6.11. The molecule has 7 nitrogen and oxygen atoms in total. The Kier molecular flexibility index (Phi) is 5.74. The Balaban J connectivity index is 1.65. The monoisotopic (exact) mass is 490 g/mol. The molecule has 32 heavy (non-hydrogen) atoms. The molecule has 2 aromatic carbocycles. The largest absolute Gasteiger partial charge is 0.393 e. The molecule has 0 aromatic heterocycles. The van der Waals surface area contributed by atoms with Crippen LogP contribution in [-0.4, -0.2) is 53.1 Å². The molecule has 12 heteroatoms. The van der Waals surface area contributed by atoms with Gasteiger partial charge in [-0.15, -0.1) is 0 Å². The Morgan fingerprint density at radius 3 is 2.44 bits per heavy atom. The number of carbonyl (C=O) groups excluding carboxylic acids is 1. The van der Waals surface area contributed by atoms with Crippen LogP contribution >= 0.6 is 11.6 Å². The predicted octanol–water partition coefficient (Wildman–Crippen LogP) is 2.66. The van der Waals surface area contributed by atoms with Gasteiger partial charge in [-0.1, -0.05) is 11.6 Å². The number of anilines is 1. The molecule has 2 heterocycles. The van der Waals surface area contributed by atoms with Crippen molar-refractivity contribution in [3.05, 3.63) is 58.4 Å². The summed E-state index contributed by atoms with van der Waals surface area (Å²) in [5.74, 6) is -5.59. The van der Waals surface area contributed by atoms with E-state index in [0.29, 0.717) is 25.0 Å². The number of halogens is 4. The number of hydrogen-bond acceptors (Lipinski definition) is 5. The molecule has 2 aromatic rings. The van der Waals surface area contributed by atoms with Crippen molar-refractivity contribution in [2.45, 2.75) is 41.8 Å². The standard InChI is InChI=1S/C20H18ClF3N2O5S/c21-13-3-1-10(19(28)25-11-6-14(22)18(24)15(23)7-11)5-16(13)32(30,31)26-12-2-4-17(26)20(29,8-12)9-27/h1,3,5-7,12,17,27,29H,2,4,8-9H2,(H,25,28). The zero-order valence-electron chi connectivity index (χ0n) is 16.4. The highest BCUT2D eigenvalue weighted by Gasteiger charge is 2.59. The van der Waals surface area contributed by atoms with E-state index in [1.807, 2.05) is 0 Å². The number of nitrogens with zero attached hydrogens (tertiary/aromatic N) is 1. The van der Waals surface area contributed by atoms with Gasteiger partial charge in [-0.25, -0.2) is 21.6 Å². The van der Waals surface area contributed by atoms with Crippen LogP contribution in [0.25, 0.3) is 0 Å². The van der Waals surface area contributed by atoms with E-state index in [2.05, 4.69) is 5.32 Å². The van der Waals surface area contributed by atoms with Gasteiger partial charge in [-0.2, -0.15) is 4.31 Å². The number of amides is 1. The van der Waals surface area contributed by atoms with E-state index in [0.717, 1.165) is 10.4 Å². The average molecular weight is 491 g/mol. The molecular weight excluding hydrogens is 473 g/mol. The summed E-state index contributed by atoms with van der Waals surface area (Å²) in [5, 5.41) is 22.1. The number of rotatable bonds is 5. The summed E-state index contributed by atoms with van der Waals surface area (Å²) < 4.78 is 67.8. The molecule has 2 saturated heterocycles. The van der Waals surface area contributed by atoms with Crippen LogP contribution in [-0.2, 0) is 10.0 Å². The number of nitrogens with one attached hydrogen (secondary N) is 1. The topological polar surface area (TPSA) is 107 Å². The number of aliphatic hydroxyl groups excluding tert-OH is 1. The number of benzene rings is 2. The van der Waals surface area contributed by atoms with Crippen molar-refractivity contribution in [3.8, 4) is 0 Å². The lowest BCUT2D eigenvalue weighted by molar-refractivity contribution is -0.0374. The van der Waals surface area contributed by atoms with E-state index >= 15 is 0 Å². The smallest absolute Gasteiger partial charge is 0.255 e. The third kappa shape index (κ3) is 3.67. The zero-order valence-corrected chi connectivity index (χ0v) is 17.9. The highest BCUT2D eigenvalue weighted by atomic mass is 35.5. The molecule has 0 spiro atoms. The van der Waals surface area contributed by atoms with E-state index in [4.69, 9.17) is 11.6 Å². The fourth-order valence-electron chi connectivity index (χ4n) is 4.42. The highest BCUT2D eigenvalue weighted by Crippen LogP contribution is 2.47. The first kappa shape index (κ1) is 23.0. The molecule has 2 bridgehead atoms. The maximum atomic E-state index is 13.4. The van der Waals surface area contributed by atoms with Crippen LogP contribution in [0, 0.1) is 17.5 Å². The van der Waals surface area contributed by atoms with Crippen molar-refractivity contribution in [2.75, 3.05) is 11.9 Å². The third-order valence-electron chi connectivity index (χ3n) is 5.91. The summed E-state index contributed by atoms with van der Waals surface area (Å²) in [6.45, 7) is -0.596. The van der Waals surface area contributed by atoms with Crippen LogP contribution in [0.5, 0.6) is 0 Å². The first-order valence-electron chi connectivity index (χ1n) is 9.60. The van der Waals surface area contributed by atoms with Crippen LogP contribution in [0.15, 0.2) is 35.2 Å². The van der Waals surface area contributed by atoms with Gasteiger partial charge in [0, 0.05) is 29.4 Å². The number of sulfonamides is 1. The van der Waals surface area contributed by atoms with Gasteiger partial charge in [0.15, 0.2) is 17.5 Å². The molecule has 2 aliphatic heterocycles. The highest BCUT2D eigenvalue weighted by molar-refractivity contribution is 7.89. The summed E-state index contributed by atoms with van der Waals surface area (Å²) in [4.78, 5) is 12.2. The minimum Gasteiger partial charge on any atom is -0.393 e. The first-order chi connectivity index (χ1) is 15.0. The van der Waals surface area contributed by atoms with Crippen molar-refractivity contribution < 1.29 is 36.6 Å². The van der Waals surface area contributed by atoms with Crippen LogP contribution in [0.3, 0.4) is 0 Å². The minimum absolute atomic E-state index is 0.0763. The van der Waals surface area contributed by atoms with Gasteiger partial charge in [0.05, 0.1) is 17.7 Å². The second-order valence-electron chi connectivity index (χ2n) is 7.90. The van der Waals surface area contributed by atoms with Gasteiger partial charge in [0.1, 0.15) is 10.5 Å². The summed E-state index contributed by atoms with van der Waals surface area (Å²) in [7, 11) is -4.25. The molecule has 0 aliphatic carbocycles. The van der Waals surface area contributed by atoms with E-state index in [1.165, 1.54) is 12.1 Å². The molecule has 3 unspecified atom stereocenters. The lowest BCUT2D eigenvalue weighted by Gasteiger charge is -2.30. The summed E-state index contributed by atoms with van der Waals surface area (Å²) in [5.41, 5.74) is -2.10. The molecule has 0 saturated carbocycles. The molecule has 0 radical (unpaired) electrons. The van der Waals surface area contributed by atoms with Gasteiger partial charge in [-0.3, -0.25) is 4.79 Å². The maximum Gasteiger partial charge on any atom is 0.255 e. The van der Waals surface area contributed by atoms with Gasteiger partial charge in [-0.05, 0) is 37.5 Å². The minimum atomic E-state index is -4.25. The molecule has 2 aliphatic rings. The van der Waals surface area contributed by atoms with E-state index < -0.39 is 57.7 Å². The third-order valence-corrected chi connectivity index (χ3v) is 8.36. The number of aliphatic hydroxyl groups is 2.